The molecule has 5 fully saturated rings. The molecule has 3 N–H and O–H groups in total. The predicted octanol–water partition coefficient (Wildman–Crippen LogP) is 9.05. The van der Waals surface area contributed by atoms with Gasteiger partial charge in [0.25, 0.3) is 17.7 Å². The topological polar surface area (TPSA) is 293 Å². The average Bonchev–Trinajstić information content (AvgIpc) is 1.60. The molecule has 7 aromatic heterocycles. The standard InChI is InChI=1S/C24H29F3N4O5.C24H29F3N4O4.C22H22F3N5O4/c1-14(32)30-6-4-15(5-7-30)11-31-12-16-2-3-18-19(21(16)29-31)20(24(25,26)27)22(36-18)23(33)28-10-17-13-34-8-9-35-17;1-14(32)30-8-6-15(7-9-30)12-31-13-16-4-5-18-19(21(16)29-31)20(24(25,26)27)22(35-18)23(33)28-11-17-3-2-10-34-17;1-12-7-15-17(19-14(12)10-30(29-19)9-13-11-32-5-6-33-13)18(22(23,24)25)20(34-15)21(31)28-8-16-26-3-2-4-27-16/h12,15,17H,2-11,13H2,1H3,(H,28,33);13,15,17H,2-12H2,1H3,(H,28,33);2-4,10,12-13H,5-9,11H2,1H3,(H,28,31)/t2*17-;12-,13-/m100/s1. The average molecular weight is 1480 g/mol. The third-order valence-corrected chi connectivity index (χ3v) is 20.1. The van der Waals surface area contributed by atoms with Gasteiger partial charge in [-0.2, -0.15) is 54.8 Å². The van der Waals surface area contributed by atoms with E-state index >= 15 is 0 Å². The second kappa shape index (κ2) is 31.3. The molecule has 7 aromatic rings. The van der Waals surface area contributed by atoms with Crippen LogP contribution in [0.25, 0.3) is 33.8 Å². The largest absolute Gasteiger partial charge is 0.455 e. The molecule has 0 bridgehead atoms. The van der Waals surface area contributed by atoms with Crippen molar-refractivity contribution in [3.8, 4) is 33.8 Å². The summed E-state index contributed by atoms with van der Waals surface area (Å²) in [7, 11) is 0. The van der Waals surface area contributed by atoms with Crippen LogP contribution in [-0.2, 0) is 110 Å². The van der Waals surface area contributed by atoms with Gasteiger partial charge in [-0.25, -0.2) is 9.97 Å². The van der Waals surface area contributed by atoms with Crippen LogP contribution in [0.5, 0.6) is 0 Å². The summed E-state index contributed by atoms with van der Waals surface area (Å²) in [4.78, 5) is 72.9. The number of amides is 5. The molecule has 105 heavy (non-hydrogen) atoms. The second-order valence-electron chi connectivity index (χ2n) is 27.5. The molecule has 0 aromatic carbocycles. The lowest BCUT2D eigenvalue weighted by atomic mass is 9.86. The number of aromatic nitrogens is 8. The van der Waals surface area contributed by atoms with Gasteiger partial charge in [0.15, 0.2) is 0 Å². The number of furan rings is 3. The highest BCUT2D eigenvalue weighted by Gasteiger charge is 2.49. The van der Waals surface area contributed by atoms with E-state index in [0.717, 1.165) is 44.1 Å². The highest BCUT2D eigenvalue weighted by atomic mass is 19.4. The number of nitrogens with zero attached hydrogens (tertiary/aromatic N) is 10. The van der Waals surface area contributed by atoms with Gasteiger partial charge in [0.05, 0.1) is 98.7 Å². The van der Waals surface area contributed by atoms with Crippen LogP contribution >= 0.6 is 0 Å². The Labute approximate surface area is 595 Å². The molecule has 8 aliphatic rings. The maximum absolute atomic E-state index is 14.2. The SMILES string of the molecule is CC(=O)N1CCC(Cn2cc3c(n2)-c2c(oc(C(=O)NC[C@@H]4CCCO4)c2C(F)(F)F)CC3)CC1.CC(=O)N1CCC(Cn2cc3c(n2)-c2c(oc(C(=O)NC[C@@H]4COCCO4)c2C(F)(F)F)CC3)CC1.C[C@H]1Cc2oc(C(=O)NCc3ncccn3)c(C(F)(F)F)c2-c2nn(C[C@H]3COCCO3)cc21. The van der Waals surface area contributed by atoms with Crippen LogP contribution in [0.1, 0.15) is 153 Å². The Hall–Kier alpha value is -8.93. The number of piperidine rings is 2. The van der Waals surface area contributed by atoms with Crippen LogP contribution < -0.4 is 16.0 Å². The first-order chi connectivity index (χ1) is 50.2. The van der Waals surface area contributed by atoms with E-state index in [0.29, 0.717) is 109 Å². The zero-order chi connectivity index (χ0) is 74.1. The van der Waals surface area contributed by atoms with Crippen LogP contribution in [-0.4, -0.2) is 182 Å². The van der Waals surface area contributed by atoms with Crippen molar-refractivity contribution in [1.82, 2.24) is 65.1 Å². The number of halogens is 9. The van der Waals surface area contributed by atoms with Gasteiger partial charge in [0.1, 0.15) is 45.9 Å². The fourth-order valence-electron chi connectivity index (χ4n) is 14.8. The number of alkyl halides is 9. The van der Waals surface area contributed by atoms with Crippen molar-refractivity contribution in [1.29, 1.82) is 0 Å². The minimum atomic E-state index is -4.82. The fourth-order valence-corrected chi connectivity index (χ4v) is 14.8. The number of ether oxygens (including phenoxy) is 5. The van der Waals surface area contributed by atoms with Gasteiger partial charge in [0.2, 0.25) is 29.1 Å². The Morgan fingerprint density at radius 2 is 0.943 bits per heavy atom. The molecule has 5 saturated heterocycles. The van der Waals surface area contributed by atoms with Crippen molar-refractivity contribution in [2.24, 2.45) is 11.8 Å². The summed E-state index contributed by atoms with van der Waals surface area (Å²) < 4.78 is 177. The molecule has 0 unspecified atom stereocenters. The molecular weight excluding hydrogens is 1400 g/mol. The Morgan fingerprint density at radius 3 is 1.40 bits per heavy atom. The predicted molar refractivity (Wildman–Crippen MR) is 350 cm³/mol. The Balaban J connectivity index is 0.000000140. The third-order valence-electron chi connectivity index (χ3n) is 20.1. The molecule has 12 heterocycles. The summed E-state index contributed by atoms with van der Waals surface area (Å²) in [6, 6.07) is 1.60. The summed E-state index contributed by atoms with van der Waals surface area (Å²) in [5, 5.41) is 20.9. The van der Waals surface area contributed by atoms with Crippen LogP contribution in [0.2, 0.25) is 0 Å². The van der Waals surface area contributed by atoms with Gasteiger partial charge in [-0.15, -0.1) is 0 Å². The number of likely N-dealkylation sites (tertiary alicyclic amines) is 2. The molecule has 0 radical (unpaired) electrons. The molecule has 5 amide bonds. The minimum Gasteiger partial charge on any atom is -0.455 e. The number of aryl methyl sites for hydroxylation is 4. The maximum atomic E-state index is 14.2. The van der Waals surface area contributed by atoms with E-state index in [1.165, 1.54) is 12.4 Å². The normalized spacial score (nSPS) is 20.4. The molecule has 35 heteroatoms. The molecular formula is C70H80F9N13O13. The van der Waals surface area contributed by atoms with E-state index in [9.17, 15) is 63.5 Å². The quantitative estimate of drug-likeness (QED) is 0.0806. The smallest absolute Gasteiger partial charge is 0.420 e. The van der Waals surface area contributed by atoms with Crippen molar-refractivity contribution in [2.45, 2.75) is 160 Å². The molecule has 26 nitrogen and oxygen atoms in total. The van der Waals surface area contributed by atoms with E-state index in [-0.39, 0.29) is 144 Å². The molecule has 4 atom stereocenters. The number of carbonyl (C=O) groups is 5. The number of hydrogen-bond donors (Lipinski definition) is 3. The van der Waals surface area contributed by atoms with Crippen molar-refractivity contribution in [2.75, 3.05) is 85.5 Å². The highest BCUT2D eigenvalue weighted by Crippen LogP contribution is 2.51. The first-order valence-corrected chi connectivity index (χ1v) is 35.2. The van der Waals surface area contributed by atoms with E-state index in [1.807, 2.05) is 11.8 Å². The summed E-state index contributed by atoms with van der Waals surface area (Å²) in [5.41, 5.74) is -0.986. The molecule has 0 saturated carbocycles. The zero-order valence-corrected chi connectivity index (χ0v) is 57.9. The second-order valence-corrected chi connectivity index (χ2v) is 27.5. The monoisotopic (exact) mass is 1480 g/mol. The van der Waals surface area contributed by atoms with Gasteiger partial charge in [-0.3, -0.25) is 38.0 Å². The molecule has 3 aliphatic carbocycles. The molecule has 566 valence electrons. The summed E-state index contributed by atoms with van der Waals surface area (Å²) in [6.45, 7) is 12.2. The minimum absolute atomic E-state index is 0.0177. The van der Waals surface area contributed by atoms with Crippen LogP contribution in [0.3, 0.4) is 0 Å². The zero-order valence-electron chi connectivity index (χ0n) is 57.9. The summed E-state index contributed by atoms with van der Waals surface area (Å²) >= 11 is 0. The molecule has 0 spiro atoms. The number of fused-ring (bicyclic) bond motifs is 9. The first kappa shape index (κ1) is 74.3. The van der Waals surface area contributed by atoms with Crippen LogP contribution in [0.4, 0.5) is 39.5 Å². The van der Waals surface area contributed by atoms with Crippen molar-refractivity contribution < 1.29 is 100 Å². The van der Waals surface area contributed by atoms with Crippen LogP contribution in [0, 0.1) is 11.8 Å². The lowest BCUT2D eigenvalue weighted by molar-refractivity contribution is -0.138. The number of hydrogen-bond acceptors (Lipinski definition) is 18. The molecule has 15 rings (SSSR count). The maximum Gasteiger partial charge on any atom is 0.420 e. The van der Waals surface area contributed by atoms with Gasteiger partial charge in [-0.05, 0) is 86.3 Å². The number of carbonyl (C=O) groups excluding carboxylic acids is 5. The summed E-state index contributed by atoms with van der Waals surface area (Å²) in [5.74, 6) is -3.90. The van der Waals surface area contributed by atoms with Crippen molar-refractivity contribution >= 4 is 29.5 Å². The lowest BCUT2D eigenvalue weighted by Crippen LogP contribution is -2.40. The van der Waals surface area contributed by atoms with Gasteiger partial charge in [-0.1, -0.05) is 6.92 Å². The van der Waals surface area contributed by atoms with E-state index in [4.69, 9.17) is 36.9 Å². The van der Waals surface area contributed by atoms with E-state index in [2.05, 4.69) is 41.2 Å². The number of nitrogens with one attached hydrogen (secondary N) is 3. The Bertz CT molecular complexity index is 4270. The Morgan fingerprint density at radius 1 is 0.505 bits per heavy atom. The van der Waals surface area contributed by atoms with Crippen molar-refractivity contribution in [3.05, 3.63) is 111 Å². The highest BCUT2D eigenvalue weighted by molar-refractivity contribution is 5.98. The third kappa shape index (κ3) is 16.9. The lowest BCUT2D eigenvalue weighted by Gasteiger charge is -2.31. The van der Waals surface area contributed by atoms with E-state index < -0.39 is 76.3 Å². The first-order valence-electron chi connectivity index (χ1n) is 35.2. The molecule has 5 aliphatic heterocycles. The van der Waals surface area contributed by atoms with Gasteiger partial charge >= 0.3 is 18.5 Å². The fraction of sp³-hybridized carbons (Fsp3) is 0.571. The van der Waals surface area contributed by atoms with E-state index in [1.54, 1.807) is 57.4 Å². The Kier molecular flexibility index (Phi) is 22.1. The van der Waals surface area contributed by atoms with Gasteiger partial charge < -0.3 is 62.7 Å². The van der Waals surface area contributed by atoms with Crippen molar-refractivity contribution in [3.63, 3.8) is 0 Å². The van der Waals surface area contributed by atoms with Gasteiger partial charge in [0, 0.05) is 129 Å². The summed E-state index contributed by atoms with van der Waals surface area (Å²) in [6.07, 6.45) is -0.351. The van der Waals surface area contributed by atoms with Crippen LogP contribution in [0.15, 0.2) is 50.3 Å². The number of rotatable bonds is 15.